The average molecular weight is 804 g/mol. The first kappa shape index (κ1) is 40.7. The number of alkyl halides is 2. The highest BCUT2D eigenvalue weighted by Gasteiger charge is 2.36. The van der Waals surface area contributed by atoms with Crippen molar-refractivity contribution >= 4 is 52.6 Å². The minimum absolute atomic E-state index is 0.119. The van der Waals surface area contributed by atoms with Crippen LogP contribution in [0.15, 0.2) is 71.7 Å². The van der Waals surface area contributed by atoms with Gasteiger partial charge in [-0.25, -0.2) is 13.6 Å². The molecule has 1 atom stereocenters. The van der Waals surface area contributed by atoms with Crippen LogP contribution in [0.3, 0.4) is 0 Å². The molecule has 306 valence electrons. The first-order valence-corrected chi connectivity index (χ1v) is 19.8. The van der Waals surface area contributed by atoms with Gasteiger partial charge in [0.2, 0.25) is 12.3 Å². The number of hydrogen-bond acceptors (Lipinski definition) is 7. The molecule has 3 aromatic carbocycles. The van der Waals surface area contributed by atoms with Crippen LogP contribution in [0.5, 0.6) is 0 Å². The van der Waals surface area contributed by atoms with Crippen molar-refractivity contribution in [2.45, 2.75) is 71.4 Å². The van der Waals surface area contributed by atoms with Crippen molar-refractivity contribution in [3.63, 3.8) is 0 Å². The van der Waals surface area contributed by atoms with Gasteiger partial charge in [-0.1, -0.05) is 57.5 Å². The van der Waals surface area contributed by atoms with Crippen molar-refractivity contribution in [2.75, 3.05) is 18.0 Å². The number of rotatable bonds is 13. The van der Waals surface area contributed by atoms with E-state index in [2.05, 4.69) is 40.4 Å². The Hall–Kier alpha value is -6.44. The highest BCUT2D eigenvalue weighted by atomic mass is 19.3. The molecule has 0 spiro atoms. The van der Waals surface area contributed by atoms with Crippen LogP contribution in [0.2, 0.25) is 0 Å². The SMILES string of the molecule is CCCC(C(=O)NC=O)N1Cc2c(/C=C/CNC(=O)c3ccc(-c4cc5c(cc4C(F)F)N(c4cc(C(C)C)c6c(c4)n(C)c(=O)n6C)CCC5)cn3)cccc2C1=O. The van der Waals surface area contributed by atoms with Gasteiger partial charge >= 0.3 is 5.69 Å². The highest BCUT2D eigenvalue weighted by Crippen LogP contribution is 2.43. The molecule has 59 heavy (non-hydrogen) atoms. The zero-order chi connectivity index (χ0) is 42.1. The Morgan fingerprint density at radius 2 is 1.78 bits per heavy atom. The average Bonchev–Trinajstić information content (AvgIpc) is 3.68. The summed E-state index contributed by atoms with van der Waals surface area (Å²) >= 11 is 0. The molecule has 2 aromatic heterocycles. The molecular weight excluding hydrogens is 757 g/mol. The van der Waals surface area contributed by atoms with E-state index in [-0.39, 0.29) is 41.9 Å². The lowest BCUT2D eigenvalue weighted by molar-refractivity contribution is -0.129. The number of anilines is 2. The highest BCUT2D eigenvalue weighted by molar-refractivity contribution is 6.03. The molecule has 1 unspecified atom stereocenters. The van der Waals surface area contributed by atoms with Crippen molar-refractivity contribution < 1.29 is 28.0 Å². The van der Waals surface area contributed by atoms with E-state index >= 15 is 0 Å². The van der Waals surface area contributed by atoms with Gasteiger partial charge in [0.25, 0.3) is 18.2 Å². The maximum atomic E-state index is 14.8. The number of aryl methyl sites for hydroxylation is 3. The fourth-order valence-electron chi connectivity index (χ4n) is 8.37. The number of carbonyl (C=O) groups is 4. The van der Waals surface area contributed by atoms with E-state index in [4.69, 9.17) is 0 Å². The topological polar surface area (TPSA) is 139 Å². The summed E-state index contributed by atoms with van der Waals surface area (Å²) in [6, 6.07) is 15.1. The molecule has 0 aliphatic carbocycles. The third-order valence-corrected chi connectivity index (χ3v) is 11.4. The summed E-state index contributed by atoms with van der Waals surface area (Å²) in [5.74, 6) is -1.14. The maximum Gasteiger partial charge on any atom is 0.328 e. The number of aromatic nitrogens is 3. The smallest absolute Gasteiger partial charge is 0.328 e. The van der Waals surface area contributed by atoms with Crippen LogP contribution in [0.25, 0.3) is 28.2 Å². The van der Waals surface area contributed by atoms with Crippen molar-refractivity contribution in [3.8, 4) is 11.1 Å². The number of benzene rings is 3. The molecule has 12 nitrogen and oxygen atoms in total. The molecule has 4 amide bonds. The zero-order valence-corrected chi connectivity index (χ0v) is 33.7. The zero-order valence-electron chi connectivity index (χ0n) is 33.7. The Morgan fingerprint density at radius 1 is 0.983 bits per heavy atom. The van der Waals surface area contributed by atoms with Gasteiger partial charge in [0.1, 0.15) is 11.7 Å². The number of imide groups is 1. The molecule has 2 N–H and O–H groups in total. The molecule has 7 rings (SSSR count). The van der Waals surface area contributed by atoms with Gasteiger partial charge in [-0.3, -0.25) is 38.6 Å². The minimum atomic E-state index is -2.77. The third kappa shape index (κ3) is 7.66. The monoisotopic (exact) mass is 803 g/mol. The number of amides is 4. The maximum absolute atomic E-state index is 14.8. The molecular formula is C45H47F2N7O5. The Morgan fingerprint density at radius 3 is 2.47 bits per heavy atom. The lowest BCUT2D eigenvalue weighted by atomic mass is 9.91. The number of pyridine rings is 1. The lowest BCUT2D eigenvalue weighted by Gasteiger charge is -2.33. The fourth-order valence-corrected chi connectivity index (χ4v) is 8.37. The van der Waals surface area contributed by atoms with Crippen LogP contribution < -0.4 is 21.2 Å². The molecule has 0 saturated carbocycles. The number of fused-ring (bicyclic) bond motifs is 3. The van der Waals surface area contributed by atoms with Crippen LogP contribution in [-0.2, 0) is 36.6 Å². The van der Waals surface area contributed by atoms with Crippen LogP contribution in [0.1, 0.15) is 101 Å². The number of halogens is 2. The van der Waals surface area contributed by atoms with Gasteiger partial charge in [0.15, 0.2) is 0 Å². The predicted octanol–water partition coefficient (Wildman–Crippen LogP) is 6.92. The van der Waals surface area contributed by atoms with Crippen molar-refractivity contribution in [1.29, 1.82) is 0 Å². The molecule has 2 aliphatic rings. The second kappa shape index (κ2) is 16.8. The molecule has 4 heterocycles. The Bertz CT molecular complexity index is 2560. The standard InChI is InChI=1S/C45H47F2N7O5/c1-6-10-37(43(57)50-25-55)54-24-35-27(11-7-14-31(35)44(54)58)12-8-17-48-42(56)36-16-15-29(23-49-36)33-19-28-13-9-18-53(38(28)22-34(33)41(46)47)30-20-32(26(2)3)40-39(21-30)51(4)45(59)52(40)5/h7-8,11-12,14-16,19-23,25-26,37,41H,6,9-10,13,17-18,24H2,1-5H3,(H,48,56)(H,50,55,57)/b12-8+. The van der Waals surface area contributed by atoms with E-state index in [1.165, 1.54) is 17.2 Å². The van der Waals surface area contributed by atoms with E-state index in [1.54, 1.807) is 59.6 Å². The summed E-state index contributed by atoms with van der Waals surface area (Å²) in [7, 11) is 3.51. The van der Waals surface area contributed by atoms with Crippen LogP contribution in [0, 0.1) is 0 Å². The second-order valence-electron chi connectivity index (χ2n) is 15.4. The molecule has 14 heteroatoms. The molecule has 0 radical (unpaired) electrons. The van der Waals surface area contributed by atoms with Crippen LogP contribution in [0.4, 0.5) is 20.2 Å². The van der Waals surface area contributed by atoms with E-state index in [0.717, 1.165) is 45.4 Å². The van der Waals surface area contributed by atoms with Crippen molar-refractivity contribution in [2.24, 2.45) is 14.1 Å². The van der Waals surface area contributed by atoms with Crippen molar-refractivity contribution in [3.05, 3.63) is 116 Å². The van der Waals surface area contributed by atoms with Gasteiger partial charge in [0, 0.05) is 68.0 Å². The fraction of sp³-hybridized carbons (Fsp3) is 0.333. The molecule has 0 fully saturated rings. The number of nitrogens with one attached hydrogen (secondary N) is 2. The summed E-state index contributed by atoms with van der Waals surface area (Å²) in [4.78, 5) is 70.6. The Labute approximate surface area is 340 Å². The van der Waals surface area contributed by atoms with E-state index in [9.17, 15) is 32.8 Å². The summed E-state index contributed by atoms with van der Waals surface area (Å²) in [5, 5.41) is 4.97. The summed E-state index contributed by atoms with van der Waals surface area (Å²) in [5.41, 5.74) is 7.77. The molecule has 0 saturated heterocycles. The lowest BCUT2D eigenvalue weighted by Crippen LogP contribution is -2.46. The van der Waals surface area contributed by atoms with Gasteiger partial charge in [-0.05, 0) is 89.4 Å². The number of imidazole rings is 1. The first-order valence-electron chi connectivity index (χ1n) is 19.8. The quantitative estimate of drug-likeness (QED) is 0.123. The van der Waals surface area contributed by atoms with E-state index < -0.39 is 24.3 Å². The van der Waals surface area contributed by atoms with Gasteiger partial charge in [-0.15, -0.1) is 0 Å². The largest absolute Gasteiger partial charge is 0.347 e. The van der Waals surface area contributed by atoms with Crippen molar-refractivity contribution in [1.82, 2.24) is 29.7 Å². The third-order valence-electron chi connectivity index (χ3n) is 11.4. The molecule has 5 aromatic rings. The Balaban J connectivity index is 1.07. The number of hydrogen-bond donors (Lipinski definition) is 2. The van der Waals surface area contributed by atoms with Crippen LogP contribution in [-0.4, -0.2) is 62.3 Å². The van der Waals surface area contributed by atoms with E-state index in [1.807, 2.05) is 25.1 Å². The summed E-state index contributed by atoms with van der Waals surface area (Å²) < 4.78 is 32.9. The number of nitrogens with zero attached hydrogens (tertiary/aromatic N) is 5. The molecule has 0 bridgehead atoms. The first-order chi connectivity index (χ1) is 28.3. The summed E-state index contributed by atoms with van der Waals surface area (Å²) in [6.45, 7) is 7.03. The minimum Gasteiger partial charge on any atom is -0.347 e. The normalized spacial score (nSPS) is 14.4. The number of carbonyl (C=O) groups excluding carboxylic acids is 4. The summed E-state index contributed by atoms with van der Waals surface area (Å²) in [6.07, 6.45) is 5.07. The van der Waals surface area contributed by atoms with Gasteiger partial charge < -0.3 is 15.1 Å². The van der Waals surface area contributed by atoms with Gasteiger partial charge in [-0.2, -0.15) is 0 Å². The van der Waals surface area contributed by atoms with E-state index in [0.29, 0.717) is 54.6 Å². The molecule has 2 aliphatic heterocycles. The Kier molecular flexibility index (Phi) is 11.6. The second-order valence-corrected chi connectivity index (χ2v) is 15.4. The van der Waals surface area contributed by atoms with Gasteiger partial charge in [0.05, 0.1) is 11.0 Å². The predicted molar refractivity (Wildman–Crippen MR) is 223 cm³/mol. The van der Waals surface area contributed by atoms with Crippen LogP contribution >= 0.6 is 0 Å².